The highest BCUT2D eigenvalue weighted by molar-refractivity contribution is 5.73. The molecule has 1 rings (SSSR count). The van der Waals surface area contributed by atoms with Crippen LogP contribution in [-0.2, 0) is 9.53 Å². The average Bonchev–Trinajstić information content (AvgIpc) is 1.99. The normalized spacial score (nSPS) is 26.1. The Bertz CT molecular complexity index is 240. The third-order valence-electron chi connectivity index (χ3n) is 2.53. The highest BCUT2D eigenvalue weighted by Crippen LogP contribution is 2.29. The lowest BCUT2D eigenvalue weighted by molar-refractivity contribution is -0.161. The monoisotopic (exact) mass is 213 g/mol. The van der Waals surface area contributed by atoms with Crippen LogP contribution in [-0.4, -0.2) is 24.7 Å². The SMILES string of the molecule is CC1(C)CNCC(C(=O)OC(C)(C)C)C1. The Labute approximate surface area is 92.6 Å². The predicted molar refractivity (Wildman–Crippen MR) is 60.6 cm³/mol. The van der Waals surface area contributed by atoms with E-state index in [1.165, 1.54) is 0 Å². The summed E-state index contributed by atoms with van der Waals surface area (Å²) in [5, 5.41) is 3.29. The van der Waals surface area contributed by atoms with E-state index in [2.05, 4.69) is 19.2 Å². The van der Waals surface area contributed by atoms with Gasteiger partial charge in [0.1, 0.15) is 5.60 Å². The highest BCUT2D eigenvalue weighted by Gasteiger charge is 2.34. The summed E-state index contributed by atoms with van der Waals surface area (Å²) in [6, 6.07) is 0. The first-order chi connectivity index (χ1) is 6.70. The highest BCUT2D eigenvalue weighted by atomic mass is 16.6. The summed E-state index contributed by atoms with van der Waals surface area (Å²) in [7, 11) is 0. The van der Waals surface area contributed by atoms with Crippen LogP contribution in [0.4, 0.5) is 0 Å². The van der Waals surface area contributed by atoms with Crippen LogP contribution in [0.2, 0.25) is 0 Å². The molecule has 3 heteroatoms. The van der Waals surface area contributed by atoms with E-state index in [1.54, 1.807) is 0 Å². The Balaban J connectivity index is 2.53. The van der Waals surface area contributed by atoms with Crippen LogP contribution >= 0.6 is 0 Å². The van der Waals surface area contributed by atoms with Crippen molar-refractivity contribution in [1.82, 2.24) is 5.32 Å². The van der Waals surface area contributed by atoms with Gasteiger partial charge in [-0.05, 0) is 32.6 Å². The van der Waals surface area contributed by atoms with Gasteiger partial charge in [0.2, 0.25) is 0 Å². The van der Waals surface area contributed by atoms with E-state index >= 15 is 0 Å². The Hall–Kier alpha value is -0.570. The lowest BCUT2D eigenvalue weighted by atomic mass is 9.79. The first kappa shape index (κ1) is 12.5. The van der Waals surface area contributed by atoms with Crippen LogP contribution < -0.4 is 5.32 Å². The molecule has 88 valence electrons. The summed E-state index contributed by atoms with van der Waals surface area (Å²) in [6.45, 7) is 11.8. The Kier molecular flexibility index (Phi) is 3.44. The first-order valence-corrected chi connectivity index (χ1v) is 5.63. The molecule has 3 nitrogen and oxygen atoms in total. The lowest BCUT2D eigenvalue weighted by Crippen LogP contribution is -2.45. The molecule has 0 bridgehead atoms. The maximum atomic E-state index is 11.8. The number of ether oxygens (including phenoxy) is 1. The fourth-order valence-electron chi connectivity index (χ4n) is 1.95. The van der Waals surface area contributed by atoms with Crippen molar-refractivity contribution in [2.45, 2.75) is 46.6 Å². The van der Waals surface area contributed by atoms with Gasteiger partial charge in [0.15, 0.2) is 0 Å². The van der Waals surface area contributed by atoms with Gasteiger partial charge < -0.3 is 10.1 Å². The molecule has 1 unspecified atom stereocenters. The molecule has 1 N–H and O–H groups in total. The number of esters is 1. The molecule has 0 amide bonds. The molecule has 0 spiro atoms. The lowest BCUT2D eigenvalue weighted by Gasteiger charge is -2.35. The Morgan fingerprint density at radius 1 is 1.40 bits per heavy atom. The van der Waals surface area contributed by atoms with Crippen LogP contribution in [0.1, 0.15) is 41.0 Å². The van der Waals surface area contributed by atoms with Crippen LogP contribution in [0, 0.1) is 11.3 Å². The molecule has 0 aliphatic carbocycles. The molecule has 0 aromatic heterocycles. The predicted octanol–water partition coefficient (Wildman–Crippen LogP) is 1.96. The number of carbonyl (C=O) groups excluding carboxylic acids is 1. The molecule has 0 saturated carbocycles. The summed E-state index contributed by atoms with van der Waals surface area (Å²) in [6.07, 6.45) is 0.912. The summed E-state index contributed by atoms with van der Waals surface area (Å²) in [5.74, 6) is -0.0595. The van der Waals surface area contributed by atoms with E-state index in [-0.39, 0.29) is 22.9 Å². The van der Waals surface area contributed by atoms with Gasteiger partial charge in [-0.3, -0.25) is 4.79 Å². The fourth-order valence-corrected chi connectivity index (χ4v) is 1.95. The van der Waals surface area contributed by atoms with E-state index < -0.39 is 0 Å². The minimum absolute atomic E-state index is 0.00738. The van der Waals surface area contributed by atoms with Crippen molar-refractivity contribution < 1.29 is 9.53 Å². The van der Waals surface area contributed by atoms with Crippen molar-refractivity contribution in [2.24, 2.45) is 11.3 Å². The smallest absolute Gasteiger partial charge is 0.310 e. The second-order valence-corrected chi connectivity index (χ2v) is 6.23. The zero-order valence-electron chi connectivity index (χ0n) is 10.5. The van der Waals surface area contributed by atoms with Crippen molar-refractivity contribution in [1.29, 1.82) is 0 Å². The number of piperidine rings is 1. The third-order valence-corrected chi connectivity index (χ3v) is 2.53. The van der Waals surface area contributed by atoms with Crippen LogP contribution in [0.25, 0.3) is 0 Å². The maximum absolute atomic E-state index is 11.8. The van der Waals surface area contributed by atoms with Gasteiger partial charge in [-0.1, -0.05) is 13.8 Å². The van der Waals surface area contributed by atoms with E-state index in [0.29, 0.717) is 0 Å². The van der Waals surface area contributed by atoms with Crippen molar-refractivity contribution in [3.05, 3.63) is 0 Å². The van der Waals surface area contributed by atoms with Crippen LogP contribution in [0.3, 0.4) is 0 Å². The molecular weight excluding hydrogens is 190 g/mol. The van der Waals surface area contributed by atoms with Gasteiger partial charge in [-0.25, -0.2) is 0 Å². The van der Waals surface area contributed by atoms with E-state index in [9.17, 15) is 4.79 Å². The molecule has 15 heavy (non-hydrogen) atoms. The van der Waals surface area contributed by atoms with Crippen LogP contribution in [0.5, 0.6) is 0 Å². The van der Waals surface area contributed by atoms with Crippen molar-refractivity contribution >= 4 is 5.97 Å². The minimum Gasteiger partial charge on any atom is -0.460 e. The van der Waals surface area contributed by atoms with Crippen molar-refractivity contribution in [3.8, 4) is 0 Å². The standard InChI is InChI=1S/C12H23NO2/c1-11(2,3)15-10(14)9-6-12(4,5)8-13-7-9/h9,13H,6-8H2,1-5H3. The number of carbonyl (C=O) groups is 1. The average molecular weight is 213 g/mol. The van der Waals surface area contributed by atoms with Gasteiger partial charge in [0.25, 0.3) is 0 Å². The molecule has 0 aromatic rings. The van der Waals surface area contributed by atoms with E-state index in [1.807, 2.05) is 20.8 Å². The van der Waals surface area contributed by atoms with Gasteiger partial charge in [0, 0.05) is 13.1 Å². The third kappa shape index (κ3) is 4.20. The molecule has 1 atom stereocenters. The summed E-state index contributed by atoms with van der Waals surface area (Å²) in [4.78, 5) is 11.8. The summed E-state index contributed by atoms with van der Waals surface area (Å²) >= 11 is 0. The Morgan fingerprint density at radius 2 is 2.00 bits per heavy atom. The zero-order valence-corrected chi connectivity index (χ0v) is 10.5. The number of hydrogen-bond donors (Lipinski definition) is 1. The number of nitrogens with one attached hydrogen (secondary N) is 1. The Morgan fingerprint density at radius 3 is 2.47 bits per heavy atom. The quantitative estimate of drug-likeness (QED) is 0.677. The molecule has 1 saturated heterocycles. The molecule has 1 heterocycles. The molecule has 1 fully saturated rings. The minimum atomic E-state index is -0.376. The number of hydrogen-bond acceptors (Lipinski definition) is 3. The largest absolute Gasteiger partial charge is 0.460 e. The van der Waals surface area contributed by atoms with Crippen molar-refractivity contribution in [3.63, 3.8) is 0 Å². The fraction of sp³-hybridized carbons (Fsp3) is 0.917. The van der Waals surface area contributed by atoms with Gasteiger partial charge >= 0.3 is 5.97 Å². The molecule has 1 aliphatic rings. The maximum Gasteiger partial charge on any atom is 0.310 e. The van der Waals surface area contributed by atoms with Gasteiger partial charge in [-0.2, -0.15) is 0 Å². The summed E-state index contributed by atoms with van der Waals surface area (Å²) < 4.78 is 5.39. The van der Waals surface area contributed by atoms with E-state index in [4.69, 9.17) is 4.74 Å². The van der Waals surface area contributed by atoms with Crippen LogP contribution in [0.15, 0.2) is 0 Å². The molecule has 0 aromatic carbocycles. The topological polar surface area (TPSA) is 38.3 Å². The second kappa shape index (κ2) is 4.12. The molecular formula is C12H23NO2. The zero-order chi connectivity index (χ0) is 11.7. The first-order valence-electron chi connectivity index (χ1n) is 5.63. The molecule has 1 aliphatic heterocycles. The van der Waals surface area contributed by atoms with Gasteiger partial charge in [0.05, 0.1) is 5.92 Å². The van der Waals surface area contributed by atoms with E-state index in [0.717, 1.165) is 19.5 Å². The second-order valence-electron chi connectivity index (χ2n) is 6.23. The molecule has 0 radical (unpaired) electrons. The number of rotatable bonds is 1. The van der Waals surface area contributed by atoms with Crippen molar-refractivity contribution in [2.75, 3.05) is 13.1 Å². The summed E-state index contributed by atoms with van der Waals surface area (Å²) in [5.41, 5.74) is -0.182. The van der Waals surface area contributed by atoms with Gasteiger partial charge in [-0.15, -0.1) is 0 Å².